The van der Waals surface area contributed by atoms with Gasteiger partial charge >= 0.3 is 0 Å². The quantitative estimate of drug-likeness (QED) is 0.676. The Labute approximate surface area is 184 Å². The molecule has 1 N–H and O–H groups in total. The van der Waals surface area contributed by atoms with Crippen molar-refractivity contribution in [2.45, 2.75) is 24.7 Å². The van der Waals surface area contributed by atoms with Crippen LogP contribution in [-0.4, -0.2) is 68.5 Å². The van der Waals surface area contributed by atoms with E-state index in [2.05, 4.69) is 5.32 Å². The Morgan fingerprint density at radius 1 is 0.935 bits per heavy atom. The van der Waals surface area contributed by atoms with Gasteiger partial charge in [-0.3, -0.25) is 14.5 Å². The number of benzene rings is 2. The van der Waals surface area contributed by atoms with Gasteiger partial charge in [-0.2, -0.15) is 0 Å². The molecule has 0 spiro atoms. The summed E-state index contributed by atoms with van der Waals surface area (Å²) in [4.78, 5) is 28.8. The lowest BCUT2D eigenvalue weighted by Crippen LogP contribution is -2.50. The number of nitrogens with one attached hydrogen (secondary N) is 1. The molecule has 2 aromatic carbocycles. The molecule has 7 nitrogen and oxygen atoms in total. The monoisotopic (exact) mass is 443 g/mol. The maximum atomic E-state index is 12.5. The number of rotatable bonds is 8. The van der Waals surface area contributed by atoms with E-state index in [1.807, 2.05) is 36.1 Å². The number of aryl methyl sites for hydroxylation is 1. The maximum absolute atomic E-state index is 12.5. The molecule has 0 aromatic heterocycles. The summed E-state index contributed by atoms with van der Waals surface area (Å²) in [5.41, 5.74) is 1.93. The minimum absolute atomic E-state index is 0.0362. The minimum Gasteiger partial charge on any atom is -0.340 e. The van der Waals surface area contributed by atoms with E-state index in [4.69, 9.17) is 0 Å². The number of para-hydroxylation sites is 1. The smallest absolute Gasteiger partial charge is 0.238 e. The van der Waals surface area contributed by atoms with Gasteiger partial charge in [0, 0.05) is 38.3 Å². The Hall–Kier alpha value is -2.71. The molecule has 1 saturated heterocycles. The predicted molar refractivity (Wildman–Crippen MR) is 121 cm³/mol. The van der Waals surface area contributed by atoms with Crippen molar-refractivity contribution in [2.75, 3.05) is 43.8 Å². The normalized spacial score (nSPS) is 14.9. The maximum Gasteiger partial charge on any atom is 0.238 e. The molecule has 1 fully saturated rings. The summed E-state index contributed by atoms with van der Waals surface area (Å²) < 4.78 is 24.7. The Balaban J connectivity index is 1.44. The van der Waals surface area contributed by atoms with Gasteiger partial charge in [0.15, 0.2) is 9.84 Å². The number of anilines is 1. The van der Waals surface area contributed by atoms with Crippen molar-refractivity contribution in [3.63, 3.8) is 0 Å². The van der Waals surface area contributed by atoms with Crippen LogP contribution in [0, 0.1) is 0 Å². The van der Waals surface area contributed by atoms with Crippen LogP contribution < -0.4 is 5.32 Å². The lowest BCUT2D eigenvalue weighted by Gasteiger charge is -2.34. The number of sulfone groups is 1. The second-order valence-corrected chi connectivity index (χ2v) is 9.71. The highest BCUT2D eigenvalue weighted by molar-refractivity contribution is 7.91. The molecule has 31 heavy (non-hydrogen) atoms. The number of hydrogen-bond acceptors (Lipinski definition) is 5. The van der Waals surface area contributed by atoms with E-state index >= 15 is 0 Å². The van der Waals surface area contributed by atoms with Gasteiger partial charge in [-0.25, -0.2) is 8.42 Å². The number of piperazine rings is 1. The molecule has 1 aliphatic rings. The topological polar surface area (TPSA) is 86.8 Å². The molecule has 3 rings (SSSR count). The van der Waals surface area contributed by atoms with E-state index in [1.165, 1.54) is 0 Å². The number of amides is 2. The fourth-order valence-corrected chi connectivity index (χ4v) is 4.88. The average molecular weight is 444 g/mol. The summed E-state index contributed by atoms with van der Waals surface area (Å²) >= 11 is 0. The molecule has 2 aromatic rings. The summed E-state index contributed by atoms with van der Waals surface area (Å²) in [5.74, 6) is -0.440. The molecular weight excluding hydrogens is 414 g/mol. The van der Waals surface area contributed by atoms with Crippen LogP contribution in [0.4, 0.5) is 5.69 Å². The van der Waals surface area contributed by atoms with Crippen LogP contribution in [0.3, 0.4) is 0 Å². The Kier molecular flexibility index (Phi) is 7.81. The van der Waals surface area contributed by atoms with Crippen molar-refractivity contribution in [2.24, 2.45) is 0 Å². The summed E-state index contributed by atoms with van der Waals surface area (Å²) in [6.45, 7) is 4.46. The van der Waals surface area contributed by atoms with E-state index in [9.17, 15) is 18.0 Å². The molecule has 0 aliphatic carbocycles. The third-order valence-electron chi connectivity index (χ3n) is 5.45. The van der Waals surface area contributed by atoms with E-state index in [-0.39, 0.29) is 35.4 Å². The summed E-state index contributed by atoms with van der Waals surface area (Å²) in [5, 5.41) is 2.97. The summed E-state index contributed by atoms with van der Waals surface area (Å²) in [6.07, 6.45) is 0.808. The van der Waals surface area contributed by atoms with Crippen LogP contribution in [0.25, 0.3) is 0 Å². The molecule has 2 amide bonds. The molecule has 0 unspecified atom stereocenters. The first-order valence-corrected chi connectivity index (χ1v) is 12.2. The molecule has 8 heteroatoms. The van der Waals surface area contributed by atoms with Crippen molar-refractivity contribution in [1.82, 2.24) is 9.80 Å². The zero-order chi connectivity index (χ0) is 22.3. The standard InChI is InChI=1S/C23H29N3O4S/c1-2-19-8-6-7-11-21(19)24-22(27)18-25-13-15-26(16-14-25)23(28)12-17-31(29,30)20-9-4-3-5-10-20/h3-11H,2,12-18H2,1H3,(H,24,27). The van der Waals surface area contributed by atoms with Crippen LogP contribution in [-0.2, 0) is 25.8 Å². The van der Waals surface area contributed by atoms with Crippen molar-refractivity contribution in [3.05, 3.63) is 60.2 Å². The second kappa shape index (κ2) is 10.5. The van der Waals surface area contributed by atoms with Crippen LogP contribution in [0.2, 0.25) is 0 Å². The Bertz CT molecular complexity index is 1000. The highest BCUT2D eigenvalue weighted by Gasteiger charge is 2.24. The molecule has 0 saturated carbocycles. The Morgan fingerprint density at radius 3 is 2.26 bits per heavy atom. The van der Waals surface area contributed by atoms with Crippen LogP contribution >= 0.6 is 0 Å². The van der Waals surface area contributed by atoms with Gasteiger partial charge in [0.1, 0.15) is 0 Å². The predicted octanol–water partition coefficient (Wildman–Crippen LogP) is 2.20. The lowest BCUT2D eigenvalue weighted by molar-refractivity contribution is -0.132. The van der Waals surface area contributed by atoms with Gasteiger partial charge in [-0.1, -0.05) is 43.3 Å². The first-order chi connectivity index (χ1) is 14.9. The molecule has 0 bridgehead atoms. The molecular formula is C23H29N3O4S. The van der Waals surface area contributed by atoms with E-state index in [0.717, 1.165) is 17.7 Å². The van der Waals surface area contributed by atoms with Gasteiger partial charge < -0.3 is 10.2 Å². The summed E-state index contributed by atoms with van der Waals surface area (Å²) in [6, 6.07) is 15.9. The van der Waals surface area contributed by atoms with Crippen molar-refractivity contribution in [1.29, 1.82) is 0 Å². The zero-order valence-corrected chi connectivity index (χ0v) is 18.6. The highest BCUT2D eigenvalue weighted by atomic mass is 32.2. The molecule has 1 aliphatic heterocycles. The largest absolute Gasteiger partial charge is 0.340 e. The molecule has 166 valence electrons. The fourth-order valence-electron chi connectivity index (χ4n) is 3.62. The number of nitrogens with zero attached hydrogens (tertiary/aromatic N) is 2. The van der Waals surface area contributed by atoms with Crippen molar-refractivity contribution in [3.8, 4) is 0 Å². The third kappa shape index (κ3) is 6.38. The first-order valence-electron chi connectivity index (χ1n) is 10.5. The highest BCUT2D eigenvalue weighted by Crippen LogP contribution is 2.16. The third-order valence-corrected chi connectivity index (χ3v) is 7.18. The zero-order valence-electron chi connectivity index (χ0n) is 17.8. The van der Waals surface area contributed by atoms with E-state index < -0.39 is 9.84 Å². The van der Waals surface area contributed by atoms with Crippen molar-refractivity contribution >= 4 is 27.3 Å². The van der Waals surface area contributed by atoms with Crippen LogP contribution in [0.1, 0.15) is 18.9 Å². The van der Waals surface area contributed by atoms with Crippen LogP contribution in [0.5, 0.6) is 0 Å². The second-order valence-electron chi connectivity index (χ2n) is 7.60. The van der Waals surface area contributed by atoms with E-state index in [0.29, 0.717) is 26.2 Å². The lowest BCUT2D eigenvalue weighted by atomic mass is 10.1. The number of hydrogen-bond donors (Lipinski definition) is 1. The summed E-state index contributed by atoms with van der Waals surface area (Å²) in [7, 11) is -3.47. The SMILES string of the molecule is CCc1ccccc1NC(=O)CN1CCN(C(=O)CCS(=O)(=O)c2ccccc2)CC1. The van der Waals surface area contributed by atoms with Gasteiger partial charge in [0.05, 0.1) is 17.2 Å². The van der Waals surface area contributed by atoms with Gasteiger partial charge in [0.2, 0.25) is 11.8 Å². The average Bonchev–Trinajstić information content (AvgIpc) is 2.79. The Morgan fingerprint density at radius 2 is 1.58 bits per heavy atom. The number of carbonyl (C=O) groups is 2. The van der Waals surface area contributed by atoms with Gasteiger partial charge in [-0.05, 0) is 30.2 Å². The van der Waals surface area contributed by atoms with Gasteiger partial charge in [0.25, 0.3) is 0 Å². The van der Waals surface area contributed by atoms with Crippen LogP contribution in [0.15, 0.2) is 59.5 Å². The number of carbonyl (C=O) groups excluding carboxylic acids is 2. The molecule has 1 heterocycles. The van der Waals surface area contributed by atoms with Gasteiger partial charge in [-0.15, -0.1) is 0 Å². The van der Waals surface area contributed by atoms with Crippen molar-refractivity contribution < 1.29 is 18.0 Å². The first kappa shape index (κ1) is 23.0. The fraction of sp³-hybridized carbons (Fsp3) is 0.391. The minimum atomic E-state index is -3.47. The van der Waals surface area contributed by atoms with E-state index in [1.54, 1.807) is 35.2 Å². The molecule has 0 radical (unpaired) electrons. The molecule has 0 atom stereocenters.